The number of aliphatic carboxylic acids is 1. The summed E-state index contributed by atoms with van der Waals surface area (Å²) in [5.74, 6) is 0.815. The van der Waals surface area contributed by atoms with E-state index in [1.807, 2.05) is 20.8 Å². The molecule has 0 aliphatic carbocycles. The summed E-state index contributed by atoms with van der Waals surface area (Å²) in [5.41, 5.74) is 0.710. The van der Waals surface area contributed by atoms with Crippen molar-refractivity contribution in [3.05, 3.63) is 24.2 Å². The molecule has 0 fully saturated rings. The van der Waals surface area contributed by atoms with Gasteiger partial charge in [-0.25, -0.2) is 9.78 Å². The van der Waals surface area contributed by atoms with Crippen molar-refractivity contribution in [2.45, 2.75) is 52.0 Å². The number of carboxylic acid groups (broad SMARTS) is 1. The van der Waals surface area contributed by atoms with Crippen LogP contribution in [0.25, 0.3) is 11.5 Å². The average Bonchev–Trinajstić information content (AvgIpc) is 3.01. The van der Waals surface area contributed by atoms with E-state index in [2.05, 4.69) is 20.4 Å². The Balaban J connectivity index is 2.16. The summed E-state index contributed by atoms with van der Waals surface area (Å²) in [6.07, 6.45) is 3.93. The normalized spacial score (nSPS) is 12.3. The SMILES string of the molecule is CCCC[C@H](Nc1cc(-c2nc(C(C)C)no2)ccn1)C(=O)O. The first-order valence-corrected chi connectivity index (χ1v) is 7.80. The lowest BCUT2D eigenvalue weighted by atomic mass is 10.1. The predicted molar refractivity (Wildman–Crippen MR) is 86.2 cm³/mol. The smallest absolute Gasteiger partial charge is 0.326 e. The van der Waals surface area contributed by atoms with Crippen molar-refractivity contribution in [3.8, 4) is 11.5 Å². The average molecular weight is 318 g/mol. The van der Waals surface area contributed by atoms with Crippen LogP contribution in [0.1, 0.15) is 51.8 Å². The molecule has 0 aliphatic rings. The molecule has 2 rings (SSSR count). The standard InChI is InChI=1S/C16H22N4O3/c1-4-5-6-12(16(21)22)18-13-9-11(7-8-17-13)15-19-14(10(2)3)20-23-15/h7-10,12H,4-6H2,1-3H3,(H,17,18)(H,21,22)/t12-/m0/s1. The Morgan fingerprint density at radius 3 is 2.83 bits per heavy atom. The maximum Gasteiger partial charge on any atom is 0.326 e. The molecule has 0 amide bonds. The van der Waals surface area contributed by atoms with Crippen LogP contribution in [0, 0.1) is 0 Å². The molecule has 2 heterocycles. The van der Waals surface area contributed by atoms with Gasteiger partial charge in [0.15, 0.2) is 5.82 Å². The van der Waals surface area contributed by atoms with Crippen LogP contribution >= 0.6 is 0 Å². The summed E-state index contributed by atoms with van der Waals surface area (Å²) >= 11 is 0. The topological polar surface area (TPSA) is 101 Å². The number of aromatic nitrogens is 3. The molecule has 7 nitrogen and oxygen atoms in total. The number of anilines is 1. The molecule has 0 saturated carbocycles. The second-order valence-electron chi connectivity index (χ2n) is 5.72. The van der Waals surface area contributed by atoms with Gasteiger partial charge in [0, 0.05) is 17.7 Å². The molecule has 7 heteroatoms. The van der Waals surface area contributed by atoms with Crippen molar-refractivity contribution in [3.63, 3.8) is 0 Å². The van der Waals surface area contributed by atoms with Gasteiger partial charge in [0.1, 0.15) is 11.9 Å². The Morgan fingerprint density at radius 1 is 1.43 bits per heavy atom. The Hall–Kier alpha value is -2.44. The molecule has 0 aliphatic heterocycles. The highest BCUT2D eigenvalue weighted by atomic mass is 16.5. The third kappa shape index (κ3) is 4.51. The monoisotopic (exact) mass is 318 g/mol. The van der Waals surface area contributed by atoms with Gasteiger partial charge in [-0.3, -0.25) is 0 Å². The Bertz CT molecular complexity index is 654. The fourth-order valence-electron chi connectivity index (χ4n) is 2.07. The highest BCUT2D eigenvalue weighted by Gasteiger charge is 2.18. The number of rotatable bonds is 8. The van der Waals surface area contributed by atoms with Gasteiger partial charge in [0.2, 0.25) is 0 Å². The molecule has 1 atom stereocenters. The number of nitrogens with one attached hydrogen (secondary N) is 1. The van der Waals surface area contributed by atoms with Crippen LogP contribution in [0.15, 0.2) is 22.9 Å². The van der Waals surface area contributed by atoms with Gasteiger partial charge >= 0.3 is 5.97 Å². The first-order valence-electron chi connectivity index (χ1n) is 7.80. The molecular weight excluding hydrogens is 296 g/mol. The predicted octanol–water partition coefficient (Wildman–Crippen LogP) is 3.31. The Labute approximate surface area is 135 Å². The summed E-state index contributed by atoms with van der Waals surface area (Å²) in [7, 11) is 0. The molecule has 2 aromatic heterocycles. The van der Waals surface area contributed by atoms with Crippen molar-refractivity contribution in [1.82, 2.24) is 15.1 Å². The summed E-state index contributed by atoms with van der Waals surface area (Å²) in [4.78, 5) is 19.8. The lowest BCUT2D eigenvalue weighted by molar-refractivity contribution is -0.138. The number of nitrogens with zero attached hydrogens (tertiary/aromatic N) is 3. The van der Waals surface area contributed by atoms with Gasteiger partial charge in [-0.15, -0.1) is 0 Å². The van der Waals surface area contributed by atoms with E-state index in [-0.39, 0.29) is 5.92 Å². The maximum atomic E-state index is 11.3. The van der Waals surface area contributed by atoms with Crippen molar-refractivity contribution in [1.29, 1.82) is 0 Å². The van der Waals surface area contributed by atoms with Gasteiger partial charge in [0.05, 0.1) is 0 Å². The molecule has 2 N–H and O–H groups in total. The zero-order valence-corrected chi connectivity index (χ0v) is 13.6. The Morgan fingerprint density at radius 2 is 2.22 bits per heavy atom. The highest BCUT2D eigenvalue weighted by Crippen LogP contribution is 2.22. The van der Waals surface area contributed by atoms with Crippen LogP contribution < -0.4 is 5.32 Å². The largest absolute Gasteiger partial charge is 0.480 e. The van der Waals surface area contributed by atoms with Crippen LogP contribution in [-0.2, 0) is 4.79 Å². The van der Waals surface area contributed by atoms with Crippen LogP contribution in [0.2, 0.25) is 0 Å². The van der Waals surface area contributed by atoms with Crippen LogP contribution in [0.4, 0.5) is 5.82 Å². The summed E-state index contributed by atoms with van der Waals surface area (Å²) < 4.78 is 5.25. The molecule has 0 radical (unpaired) electrons. The van der Waals surface area contributed by atoms with Crippen LogP contribution in [0.5, 0.6) is 0 Å². The van der Waals surface area contributed by atoms with E-state index in [9.17, 15) is 9.90 Å². The molecule has 0 aromatic carbocycles. The third-order valence-corrected chi connectivity index (χ3v) is 3.43. The quantitative estimate of drug-likeness (QED) is 0.770. The van der Waals surface area contributed by atoms with Crippen LogP contribution in [0.3, 0.4) is 0 Å². The minimum Gasteiger partial charge on any atom is -0.480 e. The molecular formula is C16H22N4O3. The number of hydrogen-bond donors (Lipinski definition) is 2. The number of hydrogen-bond acceptors (Lipinski definition) is 6. The zero-order valence-electron chi connectivity index (χ0n) is 13.6. The number of unbranched alkanes of at least 4 members (excludes halogenated alkanes) is 1. The number of carbonyl (C=O) groups is 1. The molecule has 124 valence electrons. The van der Waals surface area contributed by atoms with Gasteiger partial charge in [-0.05, 0) is 18.6 Å². The summed E-state index contributed by atoms with van der Waals surface area (Å²) in [5, 5.41) is 16.2. The number of carboxylic acids is 1. The van der Waals surface area contributed by atoms with Gasteiger partial charge in [0.25, 0.3) is 5.89 Å². The molecule has 0 unspecified atom stereocenters. The van der Waals surface area contributed by atoms with E-state index in [0.717, 1.165) is 12.8 Å². The fourth-order valence-corrected chi connectivity index (χ4v) is 2.07. The van der Waals surface area contributed by atoms with Gasteiger partial charge in [-0.1, -0.05) is 38.8 Å². The fraction of sp³-hybridized carbons (Fsp3) is 0.500. The first-order chi connectivity index (χ1) is 11.0. The van der Waals surface area contributed by atoms with Gasteiger partial charge in [-0.2, -0.15) is 4.98 Å². The van der Waals surface area contributed by atoms with E-state index >= 15 is 0 Å². The maximum absolute atomic E-state index is 11.3. The zero-order chi connectivity index (χ0) is 16.8. The van der Waals surface area contributed by atoms with E-state index in [1.54, 1.807) is 18.3 Å². The van der Waals surface area contributed by atoms with Crippen molar-refractivity contribution < 1.29 is 14.4 Å². The lowest BCUT2D eigenvalue weighted by Gasteiger charge is -2.14. The van der Waals surface area contributed by atoms with Gasteiger partial charge < -0.3 is 14.9 Å². The first kappa shape index (κ1) is 16.9. The summed E-state index contributed by atoms with van der Waals surface area (Å²) in [6, 6.07) is 2.82. The molecule has 0 bridgehead atoms. The van der Waals surface area contributed by atoms with E-state index < -0.39 is 12.0 Å². The highest BCUT2D eigenvalue weighted by molar-refractivity contribution is 5.77. The minimum atomic E-state index is -0.884. The van der Waals surface area contributed by atoms with Crippen LogP contribution in [-0.4, -0.2) is 32.2 Å². The van der Waals surface area contributed by atoms with Crippen molar-refractivity contribution in [2.75, 3.05) is 5.32 Å². The molecule has 23 heavy (non-hydrogen) atoms. The second-order valence-corrected chi connectivity index (χ2v) is 5.72. The summed E-state index contributed by atoms with van der Waals surface area (Å²) in [6.45, 7) is 6.00. The second kappa shape index (κ2) is 7.71. The van der Waals surface area contributed by atoms with E-state index in [1.165, 1.54) is 0 Å². The molecule has 0 saturated heterocycles. The van der Waals surface area contributed by atoms with E-state index in [4.69, 9.17) is 4.52 Å². The molecule has 2 aromatic rings. The van der Waals surface area contributed by atoms with Crippen molar-refractivity contribution >= 4 is 11.8 Å². The minimum absolute atomic E-state index is 0.178. The third-order valence-electron chi connectivity index (χ3n) is 3.43. The Kier molecular flexibility index (Phi) is 5.67. The lowest BCUT2D eigenvalue weighted by Crippen LogP contribution is -2.29. The molecule has 0 spiro atoms. The number of pyridine rings is 1. The van der Waals surface area contributed by atoms with Crippen molar-refractivity contribution in [2.24, 2.45) is 0 Å². The van der Waals surface area contributed by atoms with E-state index in [0.29, 0.717) is 29.5 Å².